The number of ether oxygens (including phenoxy) is 2. The number of thioether (sulfide) groups is 2. The molecule has 0 saturated carbocycles. The standard InChI is InChI=1S/C31H27NO4S3/c1-5-36-29(34)26-25(19-12-8-6-9-13-19)38-30(39-26)24-22-18-21(35-4)16-17-23(22)32(31(2,3)27(24)37)28(33)20-14-10-7-11-15-20/h6-18H,5H2,1-4H3/b30-24+. The van der Waals surface area contributed by atoms with Gasteiger partial charge in [-0.1, -0.05) is 84.3 Å². The van der Waals surface area contributed by atoms with E-state index >= 15 is 0 Å². The van der Waals surface area contributed by atoms with E-state index in [4.69, 9.17) is 21.7 Å². The van der Waals surface area contributed by atoms with Crippen molar-refractivity contribution in [1.82, 2.24) is 0 Å². The molecule has 0 aromatic heterocycles. The van der Waals surface area contributed by atoms with Crippen LogP contribution in [0.2, 0.25) is 0 Å². The Bertz CT molecular complexity index is 1530. The molecule has 0 saturated heterocycles. The summed E-state index contributed by atoms with van der Waals surface area (Å²) in [7, 11) is 1.61. The molecule has 3 aromatic carbocycles. The van der Waals surface area contributed by atoms with Crippen molar-refractivity contribution < 1.29 is 19.1 Å². The van der Waals surface area contributed by atoms with Gasteiger partial charge in [0.05, 0.1) is 34.0 Å². The molecule has 5 nitrogen and oxygen atoms in total. The van der Waals surface area contributed by atoms with Crippen LogP contribution in [0.5, 0.6) is 5.75 Å². The highest BCUT2D eigenvalue weighted by molar-refractivity contribution is 8.32. The molecule has 0 radical (unpaired) electrons. The minimum absolute atomic E-state index is 0.138. The Balaban J connectivity index is 1.70. The van der Waals surface area contributed by atoms with E-state index < -0.39 is 5.54 Å². The van der Waals surface area contributed by atoms with E-state index in [2.05, 4.69) is 0 Å². The van der Waals surface area contributed by atoms with Gasteiger partial charge in [-0.25, -0.2) is 4.79 Å². The van der Waals surface area contributed by atoms with Gasteiger partial charge in [-0.15, -0.1) is 0 Å². The Morgan fingerprint density at radius 3 is 2.26 bits per heavy atom. The Hall–Kier alpha value is -3.33. The zero-order valence-electron chi connectivity index (χ0n) is 22.0. The van der Waals surface area contributed by atoms with E-state index in [0.717, 1.165) is 31.5 Å². The van der Waals surface area contributed by atoms with Crippen LogP contribution in [0.4, 0.5) is 5.69 Å². The van der Waals surface area contributed by atoms with Gasteiger partial charge in [0, 0.05) is 21.6 Å². The number of thiocarbonyl (C=S) groups is 1. The number of nitrogens with zero attached hydrogens (tertiary/aromatic N) is 1. The van der Waals surface area contributed by atoms with Crippen molar-refractivity contribution in [2.75, 3.05) is 18.6 Å². The molecule has 0 spiro atoms. The van der Waals surface area contributed by atoms with Gasteiger partial charge in [0.15, 0.2) is 0 Å². The summed E-state index contributed by atoms with van der Waals surface area (Å²) in [4.78, 5) is 30.7. The van der Waals surface area contributed by atoms with E-state index in [0.29, 0.717) is 21.1 Å². The van der Waals surface area contributed by atoms with Crippen LogP contribution in [-0.4, -0.2) is 36.0 Å². The van der Waals surface area contributed by atoms with Crippen molar-refractivity contribution in [1.29, 1.82) is 0 Å². The smallest absolute Gasteiger partial charge is 0.346 e. The predicted octanol–water partition coefficient (Wildman–Crippen LogP) is 7.58. The van der Waals surface area contributed by atoms with E-state index in [1.54, 1.807) is 18.9 Å². The molecule has 2 aliphatic rings. The number of methoxy groups -OCH3 is 1. The molecule has 0 aliphatic carbocycles. The third-order valence-corrected chi connectivity index (χ3v) is 9.91. The molecule has 0 N–H and O–H groups in total. The number of benzene rings is 3. The summed E-state index contributed by atoms with van der Waals surface area (Å²) < 4.78 is 11.9. The van der Waals surface area contributed by atoms with Gasteiger partial charge in [-0.2, -0.15) is 0 Å². The summed E-state index contributed by atoms with van der Waals surface area (Å²) >= 11 is 9.04. The average Bonchev–Trinajstić information content (AvgIpc) is 3.39. The number of carbonyl (C=O) groups excluding carboxylic acids is 2. The highest BCUT2D eigenvalue weighted by atomic mass is 32.2. The molecule has 3 aromatic rings. The first-order valence-electron chi connectivity index (χ1n) is 12.5. The zero-order valence-corrected chi connectivity index (χ0v) is 24.5. The van der Waals surface area contributed by atoms with Gasteiger partial charge in [0.25, 0.3) is 5.91 Å². The maximum Gasteiger partial charge on any atom is 0.346 e. The van der Waals surface area contributed by atoms with Crippen molar-refractivity contribution in [3.63, 3.8) is 0 Å². The highest BCUT2D eigenvalue weighted by Crippen LogP contribution is 2.59. The quantitative estimate of drug-likeness (QED) is 0.177. The number of anilines is 1. The SMILES string of the molecule is CCOC(=O)C1=C(c2ccccc2)S/C(=C2\C(=S)C(C)(C)N(C(=O)c3ccccc3)c3ccc(OC)cc32)S1. The molecule has 198 valence electrons. The molecule has 8 heteroatoms. The second kappa shape index (κ2) is 11.0. The summed E-state index contributed by atoms with van der Waals surface area (Å²) in [5.74, 6) is 0.147. The van der Waals surface area contributed by atoms with Crippen LogP contribution in [0.1, 0.15) is 42.3 Å². The normalized spacial score (nSPS) is 18.2. The largest absolute Gasteiger partial charge is 0.497 e. The molecular weight excluding hydrogens is 547 g/mol. The van der Waals surface area contributed by atoms with Crippen LogP contribution in [0.15, 0.2) is 88.0 Å². The predicted molar refractivity (Wildman–Crippen MR) is 165 cm³/mol. The summed E-state index contributed by atoms with van der Waals surface area (Å²) in [6.45, 7) is 6.01. The first-order valence-corrected chi connectivity index (χ1v) is 14.5. The molecule has 5 rings (SSSR count). The van der Waals surface area contributed by atoms with Crippen LogP contribution in [0.25, 0.3) is 10.5 Å². The summed E-state index contributed by atoms with van der Waals surface area (Å²) in [6.07, 6.45) is 0. The van der Waals surface area contributed by atoms with E-state index in [1.807, 2.05) is 92.7 Å². The van der Waals surface area contributed by atoms with Gasteiger partial charge in [0.1, 0.15) is 10.7 Å². The molecule has 2 heterocycles. The van der Waals surface area contributed by atoms with Gasteiger partial charge >= 0.3 is 5.97 Å². The number of hydrogen-bond acceptors (Lipinski definition) is 7. The fourth-order valence-corrected chi connectivity index (χ4v) is 7.79. The minimum atomic E-state index is -0.826. The van der Waals surface area contributed by atoms with Crippen LogP contribution in [0, 0.1) is 0 Å². The van der Waals surface area contributed by atoms with Crippen LogP contribution in [0.3, 0.4) is 0 Å². The lowest BCUT2D eigenvalue weighted by atomic mass is 9.82. The lowest BCUT2D eigenvalue weighted by Crippen LogP contribution is -2.55. The summed E-state index contributed by atoms with van der Waals surface area (Å²) in [5, 5.41) is 0. The van der Waals surface area contributed by atoms with Gasteiger partial charge in [-0.05, 0) is 56.7 Å². The molecule has 0 unspecified atom stereocenters. The zero-order chi connectivity index (χ0) is 27.7. The van der Waals surface area contributed by atoms with Crippen LogP contribution in [-0.2, 0) is 9.53 Å². The Labute approximate surface area is 242 Å². The minimum Gasteiger partial charge on any atom is -0.497 e. The molecule has 39 heavy (non-hydrogen) atoms. The fraction of sp³-hybridized carbons (Fsp3) is 0.194. The van der Waals surface area contributed by atoms with E-state index in [1.165, 1.54) is 23.5 Å². The van der Waals surface area contributed by atoms with Crippen molar-refractivity contribution in [3.8, 4) is 5.75 Å². The number of hydrogen-bond donors (Lipinski definition) is 0. The number of amides is 1. The van der Waals surface area contributed by atoms with Crippen molar-refractivity contribution in [2.24, 2.45) is 0 Å². The van der Waals surface area contributed by atoms with Crippen molar-refractivity contribution in [2.45, 2.75) is 26.3 Å². The second-order valence-corrected chi connectivity index (χ2v) is 12.1. The summed E-state index contributed by atoms with van der Waals surface area (Å²) in [6, 6.07) is 24.7. The third-order valence-electron chi connectivity index (χ3n) is 6.58. The Morgan fingerprint density at radius 1 is 0.949 bits per heavy atom. The Morgan fingerprint density at radius 2 is 1.62 bits per heavy atom. The molecule has 2 aliphatic heterocycles. The first kappa shape index (κ1) is 27.2. The molecule has 0 fully saturated rings. The second-order valence-electron chi connectivity index (χ2n) is 9.39. The van der Waals surface area contributed by atoms with Crippen LogP contribution >= 0.6 is 35.7 Å². The van der Waals surface area contributed by atoms with Gasteiger partial charge in [-0.3, -0.25) is 9.69 Å². The third kappa shape index (κ3) is 4.93. The number of carbonyl (C=O) groups is 2. The van der Waals surface area contributed by atoms with Gasteiger partial charge in [0.2, 0.25) is 0 Å². The molecule has 0 atom stereocenters. The number of rotatable bonds is 5. The lowest BCUT2D eigenvalue weighted by molar-refractivity contribution is -0.137. The fourth-order valence-electron chi connectivity index (χ4n) is 4.66. The lowest BCUT2D eigenvalue weighted by Gasteiger charge is -2.45. The maximum absolute atomic E-state index is 13.9. The van der Waals surface area contributed by atoms with E-state index in [9.17, 15) is 9.59 Å². The topological polar surface area (TPSA) is 55.8 Å². The average molecular weight is 574 g/mol. The van der Waals surface area contributed by atoms with Crippen molar-refractivity contribution >= 4 is 68.6 Å². The van der Waals surface area contributed by atoms with Crippen molar-refractivity contribution in [3.05, 3.63) is 105 Å². The highest BCUT2D eigenvalue weighted by Gasteiger charge is 2.46. The maximum atomic E-state index is 13.9. The van der Waals surface area contributed by atoms with E-state index in [-0.39, 0.29) is 18.5 Å². The van der Waals surface area contributed by atoms with Gasteiger partial charge < -0.3 is 9.47 Å². The number of fused-ring (bicyclic) bond motifs is 1. The first-order chi connectivity index (χ1) is 18.8. The molecule has 1 amide bonds. The monoisotopic (exact) mass is 573 g/mol. The number of esters is 1. The Kier molecular flexibility index (Phi) is 7.71. The molecular formula is C31H27NO4S3. The molecule has 0 bridgehead atoms. The van der Waals surface area contributed by atoms with Crippen LogP contribution < -0.4 is 9.64 Å². The summed E-state index contributed by atoms with van der Waals surface area (Å²) in [5.41, 5.74) is 3.03.